The Hall–Kier alpha value is -3.96. The van der Waals surface area contributed by atoms with Crippen LogP contribution in [0.1, 0.15) is 67.8 Å². The van der Waals surface area contributed by atoms with E-state index in [1.165, 1.54) is 11.9 Å². The number of piperazine rings is 1. The fourth-order valence-electron chi connectivity index (χ4n) is 7.10. The number of likely N-dealkylation sites (N-methyl/N-ethyl adjacent to an activating group) is 1. The molecule has 3 aliphatic rings. The number of ether oxygens (including phenoxy) is 1. The number of benzene rings is 2. The largest absolute Gasteiger partial charge is 0.457 e. The highest BCUT2D eigenvalue weighted by Crippen LogP contribution is 2.37. The van der Waals surface area contributed by atoms with Gasteiger partial charge >= 0.3 is 0 Å². The van der Waals surface area contributed by atoms with Gasteiger partial charge in [-0.1, -0.05) is 31.4 Å². The van der Waals surface area contributed by atoms with Crippen LogP contribution in [-0.2, 0) is 20.9 Å². The maximum Gasteiger partial charge on any atom is 0.251 e. The first-order chi connectivity index (χ1) is 21.7. The summed E-state index contributed by atoms with van der Waals surface area (Å²) in [5.74, 6) is 0.0871. The van der Waals surface area contributed by atoms with Crippen molar-refractivity contribution in [3.8, 4) is 11.5 Å². The molecule has 1 aliphatic carbocycles. The van der Waals surface area contributed by atoms with E-state index in [1.54, 1.807) is 38.2 Å². The first-order valence-electron chi connectivity index (χ1n) is 16.0. The van der Waals surface area contributed by atoms with E-state index in [1.807, 2.05) is 24.3 Å². The fraction of sp³-hybridized carbons (Fsp3) is 0.529. The van der Waals surface area contributed by atoms with Gasteiger partial charge in [0.05, 0.1) is 6.10 Å². The van der Waals surface area contributed by atoms with E-state index in [4.69, 9.17) is 4.74 Å². The third-order valence-electron chi connectivity index (χ3n) is 9.75. The van der Waals surface area contributed by atoms with Crippen LogP contribution >= 0.6 is 0 Å². The predicted octanol–water partition coefficient (Wildman–Crippen LogP) is 2.58. The Morgan fingerprint density at radius 3 is 2.13 bits per heavy atom. The minimum Gasteiger partial charge on any atom is -0.457 e. The molecule has 0 bridgehead atoms. The number of piperidine rings is 1. The molecule has 2 aromatic carbocycles. The number of amides is 4. The molecule has 1 saturated carbocycles. The smallest absolute Gasteiger partial charge is 0.251 e. The lowest BCUT2D eigenvalue weighted by Gasteiger charge is -2.54. The van der Waals surface area contributed by atoms with Gasteiger partial charge in [-0.2, -0.15) is 0 Å². The second-order valence-electron chi connectivity index (χ2n) is 12.5. The van der Waals surface area contributed by atoms with Crippen LogP contribution in [0.2, 0.25) is 0 Å². The van der Waals surface area contributed by atoms with Crippen LogP contribution in [-0.4, -0.2) is 89.4 Å². The Morgan fingerprint density at radius 1 is 0.956 bits per heavy atom. The predicted molar refractivity (Wildman–Crippen MR) is 168 cm³/mol. The Balaban J connectivity index is 1.24. The first kappa shape index (κ1) is 32.4. The lowest BCUT2D eigenvalue weighted by atomic mass is 9.77. The van der Waals surface area contributed by atoms with Gasteiger partial charge < -0.3 is 30.7 Å². The van der Waals surface area contributed by atoms with Crippen molar-refractivity contribution in [1.82, 2.24) is 25.8 Å². The molecule has 4 amide bonds. The molecule has 1 spiro atoms. The Kier molecular flexibility index (Phi) is 10.1. The standard InChI is InChI=1S/C34H45N5O6/c1-22(30(41)35-2)39-32(43)28(29(40)24-7-5-4-6-8-24)37-33(44)34(39)17-19-38(20-18-34)21-23-9-13-26(14-10-23)45-27-15-11-25(12-16-27)31(42)36-3/h9-16,22,24,28-29,40H,4-8,17-21H2,1-3H3,(H,35,41)(H,36,42)(H,37,44)/t22-,28-,29-/m1/s1. The number of hydrogen-bond acceptors (Lipinski definition) is 7. The summed E-state index contributed by atoms with van der Waals surface area (Å²) in [5, 5.41) is 19.4. The number of aliphatic hydroxyl groups excluding tert-OH is 1. The Bertz CT molecular complexity index is 1370. The normalized spacial score (nSPS) is 22.0. The molecule has 2 aliphatic heterocycles. The van der Waals surface area contributed by atoms with E-state index in [0.717, 1.165) is 37.7 Å². The summed E-state index contributed by atoms with van der Waals surface area (Å²) in [6.07, 6.45) is 4.54. The molecule has 242 valence electrons. The number of carbonyl (C=O) groups excluding carboxylic acids is 4. The Labute approximate surface area is 264 Å². The highest BCUT2D eigenvalue weighted by Gasteiger charge is 2.57. The van der Waals surface area contributed by atoms with E-state index < -0.39 is 23.7 Å². The zero-order valence-corrected chi connectivity index (χ0v) is 26.4. The molecule has 3 fully saturated rings. The zero-order valence-electron chi connectivity index (χ0n) is 26.4. The van der Waals surface area contributed by atoms with Crippen LogP contribution in [0.25, 0.3) is 0 Å². The maximum absolute atomic E-state index is 14.0. The average Bonchev–Trinajstić information content (AvgIpc) is 3.08. The van der Waals surface area contributed by atoms with Crippen LogP contribution in [0.5, 0.6) is 11.5 Å². The molecular weight excluding hydrogens is 574 g/mol. The molecule has 3 atom stereocenters. The van der Waals surface area contributed by atoms with Crippen molar-refractivity contribution in [2.75, 3.05) is 27.2 Å². The number of carbonyl (C=O) groups is 4. The van der Waals surface area contributed by atoms with E-state index in [9.17, 15) is 24.3 Å². The zero-order chi connectivity index (χ0) is 32.1. The summed E-state index contributed by atoms with van der Waals surface area (Å²) in [4.78, 5) is 56.2. The van der Waals surface area contributed by atoms with Crippen molar-refractivity contribution < 1.29 is 29.0 Å². The van der Waals surface area contributed by atoms with Crippen molar-refractivity contribution in [1.29, 1.82) is 0 Å². The van der Waals surface area contributed by atoms with E-state index in [2.05, 4.69) is 20.9 Å². The van der Waals surface area contributed by atoms with Gasteiger partial charge in [-0.05, 0) is 80.5 Å². The lowest BCUT2D eigenvalue weighted by Crippen LogP contribution is -2.77. The molecule has 2 heterocycles. The topological polar surface area (TPSA) is 140 Å². The van der Waals surface area contributed by atoms with Gasteiger partial charge in [-0.25, -0.2) is 0 Å². The number of rotatable bonds is 9. The fourth-order valence-corrected chi connectivity index (χ4v) is 7.10. The van der Waals surface area contributed by atoms with E-state index >= 15 is 0 Å². The molecule has 0 aromatic heterocycles. The summed E-state index contributed by atoms with van der Waals surface area (Å²) in [7, 11) is 3.11. The van der Waals surface area contributed by atoms with Gasteiger partial charge in [0.1, 0.15) is 29.1 Å². The second-order valence-corrected chi connectivity index (χ2v) is 12.5. The number of likely N-dealkylation sites (tertiary alicyclic amines) is 1. The number of hydrogen-bond donors (Lipinski definition) is 4. The number of aliphatic hydroxyl groups is 1. The quantitative estimate of drug-likeness (QED) is 0.338. The molecule has 0 unspecified atom stereocenters. The van der Waals surface area contributed by atoms with E-state index in [0.29, 0.717) is 49.5 Å². The number of nitrogens with zero attached hydrogens (tertiary/aromatic N) is 2. The summed E-state index contributed by atoms with van der Waals surface area (Å²) < 4.78 is 5.94. The highest BCUT2D eigenvalue weighted by atomic mass is 16.5. The molecule has 2 saturated heterocycles. The van der Waals surface area contributed by atoms with Gasteiger partial charge in [-0.15, -0.1) is 0 Å². The maximum atomic E-state index is 14.0. The van der Waals surface area contributed by atoms with Crippen molar-refractivity contribution in [2.45, 2.75) is 82.1 Å². The van der Waals surface area contributed by atoms with E-state index in [-0.39, 0.29) is 29.5 Å². The molecule has 11 nitrogen and oxygen atoms in total. The van der Waals surface area contributed by atoms with Gasteiger partial charge in [-0.3, -0.25) is 24.1 Å². The van der Waals surface area contributed by atoms with Crippen LogP contribution in [0.4, 0.5) is 0 Å². The summed E-state index contributed by atoms with van der Waals surface area (Å²) in [5.41, 5.74) is 0.471. The first-order valence-corrected chi connectivity index (χ1v) is 16.0. The van der Waals surface area contributed by atoms with Crippen LogP contribution in [0.15, 0.2) is 48.5 Å². The van der Waals surface area contributed by atoms with Gasteiger partial charge in [0.2, 0.25) is 17.7 Å². The third kappa shape index (κ3) is 6.84. The Morgan fingerprint density at radius 2 is 1.56 bits per heavy atom. The average molecular weight is 620 g/mol. The minimum absolute atomic E-state index is 0.0487. The number of nitrogens with one attached hydrogen (secondary N) is 3. The van der Waals surface area contributed by atoms with Gasteiger partial charge in [0.15, 0.2) is 0 Å². The third-order valence-corrected chi connectivity index (χ3v) is 9.75. The molecular formula is C34H45N5O6. The second kappa shape index (κ2) is 14.0. The van der Waals surface area contributed by atoms with Crippen molar-refractivity contribution >= 4 is 23.6 Å². The summed E-state index contributed by atoms with van der Waals surface area (Å²) >= 11 is 0. The molecule has 5 rings (SSSR count). The monoisotopic (exact) mass is 619 g/mol. The van der Waals surface area contributed by atoms with Crippen LogP contribution in [0.3, 0.4) is 0 Å². The van der Waals surface area contributed by atoms with Crippen molar-refractivity contribution in [2.24, 2.45) is 5.92 Å². The van der Waals surface area contributed by atoms with Gasteiger partial charge in [0.25, 0.3) is 5.91 Å². The van der Waals surface area contributed by atoms with Crippen molar-refractivity contribution in [3.05, 3.63) is 59.7 Å². The molecule has 0 radical (unpaired) electrons. The van der Waals surface area contributed by atoms with Crippen LogP contribution < -0.4 is 20.7 Å². The SMILES string of the molecule is CNC(=O)c1ccc(Oc2ccc(CN3CCC4(CC3)C(=O)N[C@H]([C@H](O)C3CCCCC3)C(=O)N4[C@H](C)C(=O)NC)cc2)cc1. The minimum atomic E-state index is -1.16. The summed E-state index contributed by atoms with van der Waals surface area (Å²) in [6, 6.07) is 12.8. The molecule has 45 heavy (non-hydrogen) atoms. The highest BCUT2D eigenvalue weighted by molar-refractivity contribution is 6.02. The van der Waals surface area contributed by atoms with Crippen molar-refractivity contribution in [3.63, 3.8) is 0 Å². The van der Waals surface area contributed by atoms with Gasteiger partial charge in [0, 0.05) is 39.3 Å². The lowest BCUT2D eigenvalue weighted by molar-refractivity contribution is -0.171. The van der Waals surface area contributed by atoms with Crippen LogP contribution in [0, 0.1) is 5.92 Å². The summed E-state index contributed by atoms with van der Waals surface area (Å²) in [6.45, 7) is 3.43. The molecule has 4 N–H and O–H groups in total. The molecule has 2 aromatic rings. The molecule has 11 heteroatoms.